The van der Waals surface area contributed by atoms with Gasteiger partial charge in [0.2, 0.25) is 5.95 Å². The number of fused-ring (bicyclic) bond motifs is 1. The van der Waals surface area contributed by atoms with Crippen molar-refractivity contribution in [2.45, 2.75) is 43.9 Å². The number of alkyl halides is 1. The number of benzene rings is 2. The molecule has 1 aliphatic heterocycles. The molecule has 41 heavy (non-hydrogen) atoms. The number of aromatic nitrogens is 3. The summed E-state index contributed by atoms with van der Waals surface area (Å²) in [4.78, 5) is 13.0. The van der Waals surface area contributed by atoms with Gasteiger partial charge in [-0.2, -0.15) is 0 Å². The maximum absolute atomic E-state index is 14.9. The number of sulfonamides is 1. The van der Waals surface area contributed by atoms with Crippen LogP contribution in [-0.2, 0) is 10.0 Å². The van der Waals surface area contributed by atoms with Crippen molar-refractivity contribution in [3.05, 3.63) is 71.9 Å². The van der Waals surface area contributed by atoms with E-state index in [1.54, 1.807) is 25.4 Å². The highest BCUT2D eigenvalue weighted by molar-refractivity contribution is 7.92. The van der Waals surface area contributed by atoms with Gasteiger partial charge in [-0.1, -0.05) is 38.5 Å². The van der Waals surface area contributed by atoms with Crippen LogP contribution in [0.25, 0.3) is 22.3 Å². The Bertz CT molecular complexity index is 1510. The fourth-order valence-electron chi connectivity index (χ4n) is 4.17. The molecule has 220 valence electrons. The Morgan fingerprint density at radius 3 is 2.07 bits per heavy atom. The van der Waals surface area contributed by atoms with Crippen LogP contribution in [0, 0.1) is 11.6 Å². The summed E-state index contributed by atoms with van der Waals surface area (Å²) < 4.78 is 66.3. The standard InChI is InChI=1S/C23H21F2N5O2S.C5H11N.CH3F/c1-13(2)16-11-19(28-20-12-27-23(26-3)29-21(16)20)14-9-17(24)22(18(25)10-14)30-33(31,32)15-7-5-4-6-8-15;1-2-4-6-5-3-1;1-2/h4-13,30H,1-3H3,(H,26,27,29);6H,1-5H2;1H3. The zero-order chi connectivity index (χ0) is 30.0. The molecule has 0 atom stereocenters. The Kier molecular flexibility index (Phi) is 11.4. The molecule has 1 aliphatic rings. The summed E-state index contributed by atoms with van der Waals surface area (Å²) in [6.07, 6.45) is 5.76. The Morgan fingerprint density at radius 2 is 1.56 bits per heavy atom. The Balaban J connectivity index is 0.000000505. The summed E-state index contributed by atoms with van der Waals surface area (Å²) in [6, 6.07) is 11.2. The van der Waals surface area contributed by atoms with Gasteiger partial charge in [0.25, 0.3) is 10.0 Å². The second-order valence-electron chi connectivity index (χ2n) is 9.47. The highest BCUT2D eigenvalue weighted by atomic mass is 32.2. The second-order valence-corrected chi connectivity index (χ2v) is 11.2. The largest absolute Gasteiger partial charge is 0.357 e. The van der Waals surface area contributed by atoms with Crippen molar-refractivity contribution in [1.29, 1.82) is 0 Å². The highest BCUT2D eigenvalue weighted by Gasteiger charge is 2.21. The smallest absolute Gasteiger partial charge is 0.262 e. The third-order valence-electron chi connectivity index (χ3n) is 6.26. The number of rotatable bonds is 6. The number of hydrogen-bond acceptors (Lipinski definition) is 7. The summed E-state index contributed by atoms with van der Waals surface area (Å²) in [5, 5.41) is 6.16. The van der Waals surface area contributed by atoms with Gasteiger partial charge in [-0.05, 0) is 67.7 Å². The lowest BCUT2D eigenvalue weighted by Gasteiger charge is -2.14. The molecule has 0 spiro atoms. The van der Waals surface area contributed by atoms with Crippen molar-refractivity contribution < 1.29 is 21.6 Å². The van der Waals surface area contributed by atoms with Crippen LogP contribution < -0.4 is 15.4 Å². The second kappa shape index (κ2) is 14.7. The first kappa shape index (κ1) is 31.8. The van der Waals surface area contributed by atoms with Crippen molar-refractivity contribution in [3.63, 3.8) is 0 Å². The molecular formula is C29H35F3N6O2S. The minimum atomic E-state index is -4.16. The minimum absolute atomic E-state index is 0.0560. The fourth-order valence-corrected chi connectivity index (χ4v) is 5.27. The Labute approximate surface area is 238 Å². The van der Waals surface area contributed by atoms with E-state index in [9.17, 15) is 21.6 Å². The zero-order valence-corrected chi connectivity index (χ0v) is 24.3. The van der Waals surface area contributed by atoms with E-state index in [4.69, 9.17) is 0 Å². The monoisotopic (exact) mass is 588 g/mol. The number of halogens is 3. The maximum atomic E-state index is 14.9. The van der Waals surface area contributed by atoms with E-state index in [0.717, 1.165) is 17.7 Å². The lowest BCUT2D eigenvalue weighted by Crippen LogP contribution is -2.21. The topological polar surface area (TPSA) is 109 Å². The lowest BCUT2D eigenvalue weighted by atomic mass is 9.99. The molecular weight excluding hydrogens is 553 g/mol. The number of nitrogens with one attached hydrogen (secondary N) is 3. The minimum Gasteiger partial charge on any atom is -0.357 e. The molecule has 5 rings (SSSR count). The van der Waals surface area contributed by atoms with Gasteiger partial charge in [-0.25, -0.2) is 32.2 Å². The van der Waals surface area contributed by atoms with Crippen LogP contribution in [0.3, 0.4) is 0 Å². The van der Waals surface area contributed by atoms with E-state index in [1.807, 2.05) is 18.6 Å². The molecule has 3 heterocycles. The third-order valence-corrected chi connectivity index (χ3v) is 7.62. The molecule has 3 N–H and O–H groups in total. The van der Waals surface area contributed by atoms with E-state index < -0.39 is 27.3 Å². The summed E-state index contributed by atoms with van der Waals surface area (Å²) in [6.45, 7) is 6.45. The molecule has 0 saturated carbocycles. The molecule has 8 nitrogen and oxygen atoms in total. The van der Waals surface area contributed by atoms with Crippen LogP contribution in [-0.4, -0.2) is 50.7 Å². The van der Waals surface area contributed by atoms with Gasteiger partial charge >= 0.3 is 0 Å². The van der Waals surface area contributed by atoms with Crippen molar-refractivity contribution in [1.82, 2.24) is 20.3 Å². The molecule has 1 fully saturated rings. The number of anilines is 2. The van der Waals surface area contributed by atoms with Gasteiger partial charge in [-0.15, -0.1) is 0 Å². The van der Waals surface area contributed by atoms with Crippen LogP contribution in [0.1, 0.15) is 44.6 Å². The quantitative estimate of drug-likeness (QED) is 0.243. The molecule has 2 aromatic heterocycles. The van der Waals surface area contributed by atoms with Crippen molar-refractivity contribution in [3.8, 4) is 11.3 Å². The molecule has 2 aromatic carbocycles. The van der Waals surface area contributed by atoms with E-state index >= 15 is 0 Å². The summed E-state index contributed by atoms with van der Waals surface area (Å²) in [5.41, 5.74) is 1.68. The van der Waals surface area contributed by atoms with Gasteiger partial charge in [0.15, 0.2) is 11.6 Å². The SMILES string of the molecule is C1CCNCC1.CF.CNc1ncc2nc(-c3cc(F)c(NS(=O)(=O)c4ccccc4)c(F)c3)cc(C(C)C)c2n1. The first-order valence-corrected chi connectivity index (χ1v) is 14.7. The maximum Gasteiger partial charge on any atom is 0.262 e. The van der Waals surface area contributed by atoms with Crippen molar-refractivity contribution in [2.75, 3.05) is 37.4 Å². The molecule has 0 bridgehead atoms. The number of nitrogens with zero attached hydrogens (tertiary/aromatic N) is 3. The van der Waals surface area contributed by atoms with Gasteiger partial charge in [-0.3, -0.25) is 9.11 Å². The van der Waals surface area contributed by atoms with E-state index in [0.29, 0.717) is 29.9 Å². The van der Waals surface area contributed by atoms with Gasteiger partial charge in [0.05, 0.1) is 29.5 Å². The predicted molar refractivity (Wildman–Crippen MR) is 157 cm³/mol. The predicted octanol–water partition coefficient (Wildman–Crippen LogP) is 6.28. The fraction of sp³-hybridized carbons (Fsp3) is 0.345. The van der Waals surface area contributed by atoms with E-state index in [2.05, 4.69) is 25.6 Å². The first-order valence-electron chi connectivity index (χ1n) is 13.2. The van der Waals surface area contributed by atoms with Crippen molar-refractivity contribution >= 4 is 32.7 Å². The van der Waals surface area contributed by atoms with Gasteiger partial charge in [0.1, 0.15) is 11.2 Å². The average molecular weight is 589 g/mol. The van der Waals surface area contributed by atoms with E-state index in [-0.39, 0.29) is 16.4 Å². The Hall–Kier alpha value is -3.77. The molecule has 0 amide bonds. The van der Waals surface area contributed by atoms with Crippen molar-refractivity contribution in [2.24, 2.45) is 0 Å². The van der Waals surface area contributed by atoms with Crippen LogP contribution in [0.15, 0.2) is 59.6 Å². The van der Waals surface area contributed by atoms with Gasteiger partial charge < -0.3 is 10.6 Å². The first-order chi connectivity index (χ1) is 19.7. The van der Waals surface area contributed by atoms with Crippen LogP contribution in [0.5, 0.6) is 0 Å². The Morgan fingerprint density at radius 1 is 0.927 bits per heavy atom. The van der Waals surface area contributed by atoms with Gasteiger partial charge in [0, 0.05) is 12.6 Å². The molecule has 12 heteroatoms. The van der Waals surface area contributed by atoms with Crippen LogP contribution in [0.4, 0.5) is 24.8 Å². The molecule has 0 aliphatic carbocycles. The normalized spacial score (nSPS) is 13.1. The molecule has 0 radical (unpaired) electrons. The van der Waals surface area contributed by atoms with Crippen LogP contribution >= 0.6 is 0 Å². The zero-order valence-electron chi connectivity index (χ0n) is 23.5. The molecule has 4 aromatic rings. The summed E-state index contributed by atoms with van der Waals surface area (Å²) in [5.74, 6) is -1.62. The highest BCUT2D eigenvalue weighted by Crippen LogP contribution is 2.32. The lowest BCUT2D eigenvalue weighted by molar-refractivity contribution is 0.520. The van der Waals surface area contributed by atoms with Crippen LogP contribution in [0.2, 0.25) is 0 Å². The summed E-state index contributed by atoms with van der Waals surface area (Å²) >= 11 is 0. The number of hydrogen-bond donors (Lipinski definition) is 3. The summed E-state index contributed by atoms with van der Waals surface area (Å²) in [7, 11) is -1.95. The molecule has 0 unspecified atom stereocenters. The molecule has 1 saturated heterocycles. The average Bonchev–Trinajstić information content (AvgIpc) is 3.00. The number of pyridine rings is 1. The van der Waals surface area contributed by atoms with E-state index in [1.165, 1.54) is 56.6 Å². The number of piperidine rings is 1. The third kappa shape index (κ3) is 8.14.